The SMILES string of the molecule is CCCNC(c1ccc(Cl)o1)c1ccc(CC)s1. The minimum Gasteiger partial charge on any atom is -0.448 e. The van der Waals surface area contributed by atoms with E-state index >= 15 is 0 Å². The van der Waals surface area contributed by atoms with E-state index in [2.05, 4.69) is 31.3 Å². The molecule has 4 heteroatoms. The van der Waals surface area contributed by atoms with Gasteiger partial charge >= 0.3 is 0 Å². The van der Waals surface area contributed by atoms with E-state index in [0.29, 0.717) is 5.22 Å². The molecule has 98 valence electrons. The van der Waals surface area contributed by atoms with Crippen molar-refractivity contribution >= 4 is 22.9 Å². The van der Waals surface area contributed by atoms with Gasteiger partial charge in [0.2, 0.25) is 0 Å². The molecule has 0 spiro atoms. The molecule has 0 amide bonds. The minimum atomic E-state index is 0.114. The molecule has 0 fully saturated rings. The first-order valence-electron chi connectivity index (χ1n) is 6.31. The van der Waals surface area contributed by atoms with Crippen LogP contribution in [0.5, 0.6) is 0 Å². The van der Waals surface area contributed by atoms with Crippen LogP contribution in [0.2, 0.25) is 5.22 Å². The third-order valence-corrected chi connectivity index (χ3v) is 4.29. The second-order valence-electron chi connectivity index (χ2n) is 4.19. The number of thiophene rings is 1. The smallest absolute Gasteiger partial charge is 0.193 e. The van der Waals surface area contributed by atoms with Crippen LogP contribution in [0.25, 0.3) is 0 Å². The lowest BCUT2D eigenvalue weighted by Crippen LogP contribution is -2.21. The largest absolute Gasteiger partial charge is 0.448 e. The molecule has 1 unspecified atom stereocenters. The Labute approximate surface area is 117 Å². The normalized spacial score (nSPS) is 12.8. The predicted octanol–water partition coefficient (Wildman–Crippen LogP) is 4.65. The summed E-state index contributed by atoms with van der Waals surface area (Å²) >= 11 is 7.70. The maximum atomic E-state index is 5.87. The summed E-state index contributed by atoms with van der Waals surface area (Å²) in [5.41, 5.74) is 0. The topological polar surface area (TPSA) is 25.2 Å². The zero-order chi connectivity index (χ0) is 13.0. The van der Waals surface area contributed by atoms with Crippen molar-refractivity contribution in [1.29, 1.82) is 0 Å². The highest BCUT2D eigenvalue weighted by Gasteiger charge is 2.18. The zero-order valence-electron chi connectivity index (χ0n) is 10.7. The van der Waals surface area contributed by atoms with Crippen LogP contribution in [0.4, 0.5) is 0 Å². The molecule has 0 aromatic carbocycles. The molecule has 2 rings (SSSR count). The van der Waals surface area contributed by atoms with Crippen LogP contribution in [-0.4, -0.2) is 6.54 Å². The first-order chi connectivity index (χ1) is 8.74. The van der Waals surface area contributed by atoms with Gasteiger partial charge in [0.05, 0.1) is 0 Å². The number of furan rings is 1. The Morgan fingerprint density at radius 3 is 2.67 bits per heavy atom. The van der Waals surface area contributed by atoms with Crippen molar-refractivity contribution in [3.8, 4) is 0 Å². The highest BCUT2D eigenvalue weighted by Crippen LogP contribution is 2.30. The number of hydrogen-bond donors (Lipinski definition) is 1. The summed E-state index contributed by atoms with van der Waals surface area (Å²) in [4.78, 5) is 2.68. The summed E-state index contributed by atoms with van der Waals surface area (Å²) in [6.45, 7) is 5.29. The van der Waals surface area contributed by atoms with Crippen molar-refractivity contribution < 1.29 is 4.42 Å². The fourth-order valence-corrected chi connectivity index (χ4v) is 3.04. The molecule has 0 aliphatic heterocycles. The molecule has 0 aliphatic rings. The molecule has 1 N–H and O–H groups in total. The summed E-state index contributed by atoms with van der Waals surface area (Å²) in [5, 5.41) is 3.96. The zero-order valence-corrected chi connectivity index (χ0v) is 12.3. The van der Waals surface area contributed by atoms with Crippen molar-refractivity contribution in [3.63, 3.8) is 0 Å². The van der Waals surface area contributed by atoms with Gasteiger partial charge in [0.15, 0.2) is 5.22 Å². The second kappa shape index (κ2) is 6.41. The average Bonchev–Trinajstić information content (AvgIpc) is 2.99. The second-order valence-corrected chi connectivity index (χ2v) is 5.76. The van der Waals surface area contributed by atoms with Crippen molar-refractivity contribution in [1.82, 2.24) is 5.32 Å². The van der Waals surface area contributed by atoms with Gasteiger partial charge in [-0.1, -0.05) is 13.8 Å². The summed E-state index contributed by atoms with van der Waals surface area (Å²) in [6, 6.07) is 8.22. The van der Waals surface area contributed by atoms with Crippen LogP contribution in [0.3, 0.4) is 0 Å². The van der Waals surface area contributed by atoms with Crippen LogP contribution < -0.4 is 5.32 Å². The van der Waals surface area contributed by atoms with Crippen LogP contribution in [0, 0.1) is 0 Å². The molecule has 2 aromatic rings. The van der Waals surface area contributed by atoms with E-state index in [1.54, 1.807) is 6.07 Å². The molecule has 0 aliphatic carbocycles. The van der Waals surface area contributed by atoms with Gasteiger partial charge in [0.25, 0.3) is 0 Å². The Morgan fingerprint density at radius 1 is 1.28 bits per heavy atom. The first-order valence-corrected chi connectivity index (χ1v) is 7.51. The van der Waals surface area contributed by atoms with Crippen LogP contribution in [0.1, 0.15) is 41.8 Å². The lowest BCUT2D eigenvalue weighted by atomic mass is 10.2. The molecular formula is C14H18ClNOS. The van der Waals surface area contributed by atoms with Gasteiger partial charge in [-0.3, -0.25) is 0 Å². The van der Waals surface area contributed by atoms with Crippen LogP contribution in [-0.2, 0) is 6.42 Å². The van der Waals surface area contributed by atoms with Gasteiger partial charge in [-0.15, -0.1) is 11.3 Å². The number of aryl methyl sites for hydroxylation is 1. The quantitative estimate of drug-likeness (QED) is 0.835. The predicted molar refractivity (Wildman–Crippen MR) is 77.6 cm³/mol. The highest BCUT2D eigenvalue weighted by molar-refractivity contribution is 7.12. The lowest BCUT2D eigenvalue weighted by molar-refractivity contribution is 0.451. The lowest BCUT2D eigenvalue weighted by Gasteiger charge is -2.14. The molecular weight excluding hydrogens is 266 g/mol. The Bertz CT molecular complexity index is 491. The number of halogens is 1. The average molecular weight is 284 g/mol. The highest BCUT2D eigenvalue weighted by atomic mass is 35.5. The third-order valence-electron chi connectivity index (χ3n) is 2.79. The van der Waals surface area contributed by atoms with Crippen molar-refractivity contribution in [2.45, 2.75) is 32.7 Å². The van der Waals surface area contributed by atoms with E-state index in [1.165, 1.54) is 9.75 Å². The van der Waals surface area contributed by atoms with Gasteiger partial charge in [-0.2, -0.15) is 0 Å². The Morgan fingerprint density at radius 2 is 2.11 bits per heavy atom. The molecule has 0 radical (unpaired) electrons. The maximum absolute atomic E-state index is 5.87. The number of nitrogens with one attached hydrogen (secondary N) is 1. The van der Waals surface area contributed by atoms with E-state index in [1.807, 2.05) is 17.4 Å². The molecule has 0 saturated heterocycles. The van der Waals surface area contributed by atoms with Gasteiger partial charge in [0.1, 0.15) is 11.8 Å². The fourth-order valence-electron chi connectivity index (χ4n) is 1.85. The standard InChI is InChI=1S/C14H18ClNOS/c1-3-9-16-14(11-6-8-13(15)17-11)12-7-5-10(4-2)18-12/h5-8,14,16H,3-4,9H2,1-2H3. The molecule has 2 heterocycles. The molecule has 1 atom stereocenters. The van der Waals surface area contributed by atoms with Gasteiger partial charge in [-0.25, -0.2) is 0 Å². The molecule has 2 nitrogen and oxygen atoms in total. The summed E-state index contributed by atoms with van der Waals surface area (Å²) in [7, 11) is 0. The minimum absolute atomic E-state index is 0.114. The monoisotopic (exact) mass is 283 g/mol. The Hall–Kier alpha value is -0.770. The summed E-state index contributed by atoms with van der Waals surface area (Å²) < 4.78 is 5.55. The number of rotatable bonds is 6. The molecule has 0 saturated carbocycles. The third kappa shape index (κ3) is 3.16. The Kier molecular flexibility index (Phi) is 4.87. The first kappa shape index (κ1) is 13.7. The van der Waals surface area contributed by atoms with E-state index < -0.39 is 0 Å². The van der Waals surface area contributed by atoms with Crippen molar-refractivity contribution in [2.75, 3.05) is 6.54 Å². The van der Waals surface area contributed by atoms with Gasteiger partial charge in [0, 0.05) is 9.75 Å². The van der Waals surface area contributed by atoms with Gasteiger partial charge < -0.3 is 9.73 Å². The maximum Gasteiger partial charge on any atom is 0.193 e. The number of hydrogen-bond acceptors (Lipinski definition) is 3. The molecule has 2 aromatic heterocycles. The van der Waals surface area contributed by atoms with Gasteiger partial charge in [-0.05, 0) is 55.3 Å². The van der Waals surface area contributed by atoms with E-state index in [-0.39, 0.29) is 6.04 Å². The van der Waals surface area contributed by atoms with E-state index in [4.69, 9.17) is 16.0 Å². The van der Waals surface area contributed by atoms with E-state index in [9.17, 15) is 0 Å². The van der Waals surface area contributed by atoms with Crippen LogP contribution in [0.15, 0.2) is 28.7 Å². The summed E-state index contributed by atoms with van der Waals surface area (Å²) in [6.07, 6.45) is 2.17. The van der Waals surface area contributed by atoms with Crippen LogP contribution >= 0.6 is 22.9 Å². The molecule has 18 heavy (non-hydrogen) atoms. The van der Waals surface area contributed by atoms with Crippen molar-refractivity contribution in [3.05, 3.63) is 45.0 Å². The molecule has 0 bridgehead atoms. The van der Waals surface area contributed by atoms with Crippen molar-refractivity contribution in [2.24, 2.45) is 0 Å². The fraction of sp³-hybridized carbons (Fsp3) is 0.429. The summed E-state index contributed by atoms with van der Waals surface area (Å²) in [5.74, 6) is 0.887. The van der Waals surface area contributed by atoms with E-state index in [0.717, 1.165) is 25.1 Å². The Balaban J connectivity index is 2.24.